The van der Waals surface area contributed by atoms with Gasteiger partial charge in [-0.15, -0.1) is 0 Å². The van der Waals surface area contributed by atoms with Crippen molar-refractivity contribution in [1.29, 1.82) is 0 Å². The van der Waals surface area contributed by atoms with Crippen LogP contribution in [0.2, 0.25) is 0 Å². The Morgan fingerprint density at radius 1 is 1.69 bits per heavy atom. The third-order valence-electron chi connectivity index (χ3n) is 1.46. The summed E-state index contributed by atoms with van der Waals surface area (Å²) in [7, 11) is 0. The summed E-state index contributed by atoms with van der Waals surface area (Å²) in [5.41, 5.74) is 5.54. The molecule has 0 fully saturated rings. The summed E-state index contributed by atoms with van der Waals surface area (Å²) in [6.07, 6.45) is 1.29. The molecule has 13 heavy (non-hydrogen) atoms. The van der Waals surface area contributed by atoms with E-state index in [0.29, 0.717) is 11.1 Å². The van der Waals surface area contributed by atoms with Gasteiger partial charge in [-0.25, -0.2) is 4.98 Å². The Bertz CT molecular complexity index is 404. The molecule has 0 aliphatic rings. The molecule has 0 saturated carbocycles. The van der Waals surface area contributed by atoms with E-state index in [0.717, 1.165) is 0 Å². The second-order valence-electron chi connectivity index (χ2n) is 2.39. The van der Waals surface area contributed by atoms with Crippen molar-refractivity contribution in [3.63, 3.8) is 0 Å². The molecule has 1 aromatic rings. The SMILES string of the molecule is Cc1c(C#CC(N)=O)ccnc1F. The van der Waals surface area contributed by atoms with Crippen LogP contribution in [0.3, 0.4) is 0 Å². The number of nitrogens with zero attached hydrogens (tertiary/aromatic N) is 1. The summed E-state index contributed by atoms with van der Waals surface area (Å²) in [4.78, 5) is 13.7. The molecule has 2 N–H and O–H groups in total. The number of amides is 1. The molecular formula is C9H7FN2O. The molecule has 0 aromatic carbocycles. The molecule has 0 saturated heterocycles. The topological polar surface area (TPSA) is 56.0 Å². The number of halogens is 1. The highest BCUT2D eigenvalue weighted by Gasteiger charge is 2.01. The Labute approximate surface area is 74.8 Å². The van der Waals surface area contributed by atoms with Gasteiger partial charge in [0.05, 0.1) is 0 Å². The predicted molar refractivity (Wildman–Crippen MR) is 45.0 cm³/mol. The Kier molecular flexibility index (Phi) is 2.60. The number of hydrogen-bond donors (Lipinski definition) is 1. The fourth-order valence-electron chi connectivity index (χ4n) is 0.775. The van der Waals surface area contributed by atoms with Gasteiger partial charge >= 0.3 is 0 Å². The van der Waals surface area contributed by atoms with Gasteiger partial charge in [0.2, 0.25) is 5.95 Å². The molecule has 0 atom stereocenters. The van der Waals surface area contributed by atoms with E-state index in [1.54, 1.807) is 0 Å². The largest absolute Gasteiger partial charge is 0.359 e. The zero-order valence-corrected chi connectivity index (χ0v) is 6.97. The highest BCUT2D eigenvalue weighted by atomic mass is 19.1. The van der Waals surface area contributed by atoms with Crippen LogP contribution in [0, 0.1) is 24.7 Å². The lowest BCUT2D eigenvalue weighted by molar-refractivity contribution is -0.112. The lowest BCUT2D eigenvalue weighted by Gasteiger charge is -1.96. The number of nitrogens with two attached hydrogens (primary N) is 1. The van der Waals surface area contributed by atoms with Crippen molar-refractivity contribution < 1.29 is 9.18 Å². The van der Waals surface area contributed by atoms with E-state index in [4.69, 9.17) is 5.73 Å². The second kappa shape index (κ2) is 3.68. The van der Waals surface area contributed by atoms with Gasteiger partial charge in [0.25, 0.3) is 5.91 Å². The molecule has 1 aromatic heterocycles. The summed E-state index contributed by atoms with van der Waals surface area (Å²) in [5, 5.41) is 0. The van der Waals surface area contributed by atoms with Crippen molar-refractivity contribution in [2.75, 3.05) is 0 Å². The number of pyridine rings is 1. The standard InChI is InChI=1S/C9H7FN2O/c1-6-7(2-3-8(11)13)4-5-12-9(6)10/h4-5H,1H3,(H2,11,13). The number of primary amides is 1. The van der Waals surface area contributed by atoms with Gasteiger partial charge in [0.1, 0.15) is 0 Å². The zero-order valence-electron chi connectivity index (χ0n) is 6.97. The number of hydrogen-bond acceptors (Lipinski definition) is 2. The third-order valence-corrected chi connectivity index (χ3v) is 1.46. The molecule has 0 unspecified atom stereocenters. The van der Waals surface area contributed by atoms with Crippen LogP contribution in [-0.2, 0) is 4.79 Å². The summed E-state index contributed by atoms with van der Waals surface area (Å²) >= 11 is 0. The van der Waals surface area contributed by atoms with E-state index in [-0.39, 0.29) is 0 Å². The molecule has 0 spiro atoms. The summed E-state index contributed by atoms with van der Waals surface area (Å²) in [5.74, 6) is 3.25. The second-order valence-corrected chi connectivity index (χ2v) is 2.39. The van der Waals surface area contributed by atoms with Crippen molar-refractivity contribution in [2.24, 2.45) is 5.73 Å². The van der Waals surface area contributed by atoms with Gasteiger partial charge in [0, 0.05) is 17.3 Å². The van der Waals surface area contributed by atoms with Crippen molar-refractivity contribution in [2.45, 2.75) is 6.92 Å². The quantitative estimate of drug-likeness (QED) is 0.460. The molecular weight excluding hydrogens is 171 g/mol. The van der Waals surface area contributed by atoms with Gasteiger partial charge in [-0.05, 0) is 18.9 Å². The minimum absolute atomic E-state index is 0.316. The van der Waals surface area contributed by atoms with E-state index in [2.05, 4.69) is 16.8 Å². The lowest BCUT2D eigenvalue weighted by atomic mass is 10.1. The number of carbonyl (C=O) groups excluding carboxylic acids is 1. The summed E-state index contributed by atoms with van der Waals surface area (Å²) < 4.78 is 12.8. The third kappa shape index (κ3) is 2.27. The summed E-state index contributed by atoms with van der Waals surface area (Å²) in [6, 6.07) is 1.52. The zero-order chi connectivity index (χ0) is 9.84. The first-order chi connectivity index (χ1) is 6.11. The molecule has 0 radical (unpaired) electrons. The molecule has 4 heteroatoms. The van der Waals surface area contributed by atoms with E-state index >= 15 is 0 Å². The minimum Gasteiger partial charge on any atom is -0.359 e. The molecule has 1 rings (SSSR count). The maximum absolute atomic E-state index is 12.8. The van der Waals surface area contributed by atoms with Gasteiger partial charge in [0.15, 0.2) is 0 Å². The molecule has 0 aliphatic carbocycles. The molecule has 1 heterocycles. The Balaban J connectivity index is 3.11. The molecule has 0 bridgehead atoms. The van der Waals surface area contributed by atoms with E-state index < -0.39 is 11.9 Å². The number of aromatic nitrogens is 1. The average molecular weight is 178 g/mol. The van der Waals surface area contributed by atoms with E-state index in [1.165, 1.54) is 19.2 Å². The van der Waals surface area contributed by atoms with Crippen LogP contribution in [0.4, 0.5) is 4.39 Å². The van der Waals surface area contributed by atoms with Crippen LogP contribution in [0.1, 0.15) is 11.1 Å². The first-order valence-corrected chi connectivity index (χ1v) is 3.54. The van der Waals surface area contributed by atoms with E-state index in [1.807, 2.05) is 0 Å². The molecule has 1 amide bonds. The van der Waals surface area contributed by atoms with Gasteiger partial charge in [-0.3, -0.25) is 4.79 Å². The van der Waals surface area contributed by atoms with Crippen LogP contribution >= 0.6 is 0 Å². The first-order valence-electron chi connectivity index (χ1n) is 3.54. The minimum atomic E-state index is -0.739. The number of rotatable bonds is 0. The maximum atomic E-state index is 12.8. The smallest absolute Gasteiger partial charge is 0.293 e. The number of carbonyl (C=O) groups is 1. The van der Waals surface area contributed by atoms with Gasteiger partial charge < -0.3 is 5.73 Å². The fourth-order valence-corrected chi connectivity index (χ4v) is 0.775. The fraction of sp³-hybridized carbons (Fsp3) is 0.111. The van der Waals surface area contributed by atoms with Crippen LogP contribution in [0.15, 0.2) is 12.3 Å². The van der Waals surface area contributed by atoms with Crippen molar-refractivity contribution in [3.05, 3.63) is 29.3 Å². The van der Waals surface area contributed by atoms with Crippen LogP contribution < -0.4 is 5.73 Å². The van der Waals surface area contributed by atoms with Crippen LogP contribution in [0.5, 0.6) is 0 Å². The predicted octanol–water partition coefficient (Wildman–Crippen LogP) is 0.366. The van der Waals surface area contributed by atoms with Crippen LogP contribution in [-0.4, -0.2) is 10.9 Å². The van der Waals surface area contributed by atoms with Crippen molar-refractivity contribution in [3.8, 4) is 11.8 Å². The Morgan fingerprint density at radius 3 is 3.00 bits per heavy atom. The lowest BCUT2D eigenvalue weighted by Crippen LogP contribution is -2.06. The Hall–Kier alpha value is -1.89. The monoisotopic (exact) mass is 178 g/mol. The van der Waals surface area contributed by atoms with Gasteiger partial charge in [-0.2, -0.15) is 4.39 Å². The normalized spacial score (nSPS) is 8.77. The molecule has 66 valence electrons. The maximum Gasteiger partial charge on any atom is 0.293 e. The summed E-state index contributed by atoms with van der Waals surface area (Å²) in [6.45, 7) is 1.54. The van der Waals surface area contributed by atoms with Gasteiger partial charge in [-0.1, -0.05) is 5.92 Å². The van der Waals surface area contributed by atoms with Crippen molar-refractivity contribution in [1.82, 2.24) is 4.98 Å². The van der Waals surface area contributed by atoms with Crippen molar-refractivity contribution >= 4 is 5.91 Å². The van der Waals surface area contributed by atoms with E-state index in [9.17, 15) is 9.18 Å². The molecule has 3 nitrogen and oxygen atoms in total. The highest BCUT2D eigenvalue weighted by Crippen LogP contribution is 2.07. The average Bonchev–Trinajstić information content (AvgIpc) is 2.07. The first kappa shape index (κ1) is 9.20. The highest BCUT2D eigenvalue weighted by molar-refractivity contribution is 5.92. The Morgan fingerprint density at radius 2 is 2.38 bits per heavy atom. The molecule has 0 aliphatic heterocycles. The van der Waals surface area contributed by atoms with Crippen LogP contribution in [0.25, 0.3) is 0 Å².